The number of fused-ring (bicyclic) bond motifs is 2. The Morgan fingerprint density at radius 1 is 1.11 bits per heavy atom. The molecule has 3 aliphatic rings. The molecule has 0 radical (unpaired) electrons. The van der Waals surface area contributed by atoms with Crippen molar-refractivity contribution in [3.63, 3.8) is 0 Å². The fourth-order valence-corrected chi connectivity index (χ4v) is 4.58. The minimum absolute atomic E-state index is 0.311. The normalized spacial score (nSPS) is 43.9. The molecule has 0 aromatic carbocycles. The molecule has 4 unspecified atom stereocenters. The number of piperidine rings is 1. The second-order valence-electron chi connectivity index (χ2n) is 7.12. The van der Waals surface area contributed by atoms with Gasteiger partial charge in [0.05, 0.1) is 5.54 Å². The maximum Gasteiger partial charge on any atom is 0.237 e. The lowest BCUT2D eigenvalue weighted by molar-refractivity contribution is -0.125. The van der Waals surface area contributed by atoms with Crippen LogP contribution in [0.5, 0.6) is 0 Å². The summed E-state index contributed by atoms with van der Waals surface area (Å²) in [6.07, 6.45) is 9.37. The van der Waals surface area contributed by atoms with Crippen molar-refractivity contribution in [1.29, 1.82) is 0 Å². The number of hydrogen-bond acceptors (Lipinski definition) is 3. The van der Waals surface area contributed by atoms with Crippen LogP contribution in [-0.4, -0.2) is 35.5 Å². The minimum atomic E-state index is -0.754. The number of carbonyl (C=O) groups excluding carboxylic acids is 1. The van der Waals surface area contributed by atoms with Crippen LogP contribution in [0.25, 0.3) is 0 Å². The molecular formula is C15H27N3O. The predicted molar refractivity (Wildman–Crippen MR) is 75.4 cm³/mol. The molecule has 0 spiro atoms. The number of likely N-dealkylation sites (tertiary alicyclic amines) is 1. The van der Waals surface area contributed by atoms with E-state index in [0.717, 1.165) is 31.1 Å². The first-order chi connectivity index (χ1) is 9.07. The molecule has 4 heteroatoms. The third-order valence-corrected chi connectivity index (χ3v) is 5.64. The molecule has 19 heavy (non-hydrogen) atoms. The average Bonchev–Trinajstić information content (AvgIpc) is 2.38. The van der Waals surface area contributed by atoms with E-state index in [2.05, 4.69) is 4.90 Å². The molecule has 4 nitrogen and oxygen atoms in total. The molecule has 1 saturated heterocycles. The lowest BCUT2D eigenvalue weighted by Crippen LogP contribution is -2.59. The van der Waals surface area contributed by atoms with Crippen LogP contribution in [0.15, 0.2) is 0 Å². The number of hydrogen-bond donors (Lipinski definition) is 2. The molecule has 2 saturated carbocycles. The summed E-state index contributed by atoms with van der Waals surface area (Å²) in [6, 6.07) is 0.481. The quantitative estimate of drug-likeness (QED) is 0.789. The highest BCUT2D eigenvalue weighted by atomic mass is 16.1. The van der Waals surface area contributed by atoms with E-state index >= 15 is 0 Å². The fraction of sp³-hybridized carbons (Fsp3) is 0.933. The Labute approximate surface area is 115 Å². The van der Waals surface area contributed by atoms with Crippen molar-refractivity contribution in [3.8, 4) is 0 Å². The van der Waals surface area contributed by atoms with Crippen molar-refractivity contribution >= 4 is 5.91 Å². The molecule has 108 valence electrons. The first kappa shape index (κ1) is 13.4. The molecule has 4 atom stereocenters. The van der Waals surface area contributed by atoms with Gasteiger partial charge in [0.1, 0.15) is 0 Å². The summed E-state index contributed by atoms with van der Waals surface area (Å²) in [5.41, 5.74) is 11.0. The third kappa shape index (κ3) is 2.65. The highest BCUT2D eigenvalue weighted by molar-refractivity contribution is 5.84. The van der Waals surface area contributed by atoms with Crippen molar-refractivity contribution in [2.45, 2.75) is 62.9 Å². The third-order valence-electron chi connectivity index (χ3n) is 5.64. The van der Waals surface area contributed by atoms with Crippen molar-refractivity contribution in [2.75, 3.05) is 13.1 Å². The Hall–Kier alpha value is -0.610. The molecule has 1 amide bonds. The van der Waals surface area contributed by atoms with Gasteiger partial charge in [-0.25, -0.2) is 0 Å². The summed E-state index contributed by atoms with van der Waals surface area (Å²) < 4.78 is 0. The van der Waals surface area contributed by atoms with E-state index in [9.17, 15) is 4.79 Å². The SMILES string of the molecule is NC(=O)C1(N)CCCC(N2CC3CCCC(C3)C2)C1. The van der Waals surface area contributed by atoms with Gasteiger partial charge in [0.2, 0.25) is 5.91 Å². The van der Waals surface area contributed by atoms with Crippen LogP contribution >= 0.6 is 0 Å². The predicted octanol–water partition coefficient (Wildman–Crippen LogP) is 1.23. The minimum Gasteiger partial charge on any atom is -0.368 e. The van der Waals surface area contributed by atoms with E-state index in [0.29, 0.717) is 6.04 Å². The van der Waals surface area contributed by atoms with Gasteiger partial charge in [-0.3, -0.25) is 9.69 Å². The van der Waals surface area contributed by atoms with Crippen LogP contribution in [0.2, 0.25) is 0 Å². The molecule has 0 aromatic rings. The number of nitrogens with zero attached hydrogens (tertiary/aromatic N) is 1. The molecule has 0 aromatic heterocycles. The van der Waals surface area contributed by atoms with E-state index < -0.39 is 5.54 Å². The number of nitrogens with two attached hydrogens (primary N) is 2. The van der Waals surface area contributed by atoms with Gasteiger partial charge in [-0.1, -0.05) is 6.42 Å². The van der Waals surface area contributed by atoms with Crippen LogP contribution in [0, 0.1) is 11.8 Å². The highest BCUT2D eigenvalue weighted by Gasteiger charge is 2.42. The van der Waals surface area contributed by atoms with Gasteiger partial charge in [-0.2, -0.15) is 0 Å². The van der Waals surface area contributed by atoms with Crippen LogP contribution in [0.4, 0.5) is 0 Å². The molecule has 1 heterocycles. The molecule has 2 bridgehead atoms. The van der Waals surface area contributed by atoms with Gasteiger partial charge in [0, 0.05) is 19.1 Å². The summed E-state index contributed by atoms with van der Waals surface area (Å²) in [4.78, 5) is 14.2. The Bertz CT molecular complexity index is 347. The first-order valence-electron chi connectivity index (χ1n) is 7.90. The van der Waals surface area contributed by atoms with Gasteiger partial charge < -0.3 is 11.5 Å². The lowest BCUT2D eigenvalue weighted by atomic mass is 9.74. The van der Waals surface area contributed by atoms with Crippen LogP contribution in [-0.2, 0) is 4.79 Å². The Morgan fingerprint density at radius 3 is 2.42 bits per heavy atom. The van der Waals surface area contributed by atoms with Gasteiger partial charge in [-0.15, -0.1) is 0 Å². The summed E-state index contributed by atoms with van der Waals surface area (Å²) in [5, 5.41) is 0. The fourth-order valence-electron chi connectivity index (χ4n) is 4.58. The monoisotopic (exact) mass is 265 g/mol. The Morgan fingerprint density at radius 2 is 1.79 bits per heavy atom. The number of primary amides is 1. The van der Waals surface area contributed by atoms with Crippen LogP contribution in [0.3, 0.4) is 0 Å². The van der Waals surface area contributed by atoms with E-state index in [1.165, 1.54) is 45.2 Å². The van der Waals surface area contributed by atoms with Crippen molar-refractivity contribution in [1.82, 2.24) is 4.90 Å². The number of carbonyl (C=O) groups is 1. The largest absolute Gasteiger partial charge is 0.368 e. The second-order valence-corrected chi connectivity index (χ2v) is 7.12. The molecule has 3 rings (SSSR count). The van der Waals surface area contributed by atoms with Gasteiger partial charge in [-0.05, 0) is 56.8 Å². The lowest BCUT2D eigenvalue weighted by Gasteiger charge is -2.48. The van der Waals surface area contributed by atoms with E-state index in [4.69, 9.17) is 11.5 Å². The highest BCUT2D eigenvalue weighted by Crippen LogP contribution is 2.38. The van der Waals surface area contributed by atoms with Crippen molar-refractivity contribution in [2.24, 2.45) is 23.3 Å². The maximum atomic E-state index is 11.6. The summed E-state index contributed by atoms with van der Waals surface area (Å²) in [6.45, 7) is 2.44. The van der Waals surface area contributed by atoms with E-state index in [1.54, 1.807) is 0 Å². The topological polar surface area (TPSA) is 72.3 Å². The number of amides is 1. The molecular weight excluding hydrogens is 238 g/mol. The van der Waals surface area contributed by atoms with Crippen molar-refractivity contribution < 1.29 is 4.79 Å². The molecule has 2 aliphatic carbocycles. The van der Waals surface area contributed by atoms with Crippen LogP contribution < -0.4 is 11.5 Å². The maximum absolute atomic E-state index is 11.6. The van der Waals surface area contributed by atoms with E-state index in [-0.39, 0.29) is 5.91 Å². The average molecular weight is 265 g/mol. The van der Waals surface area contributed by atoms with Gasteiger partial charge in [0.25, 0.3) is 0 Å². The zero-order valence-corrected chi connectivity index (χ0v) is 11.8. The Kier molecular flexibility index (Phi) is 3.56. The smallest absolute Gasteiger partial charge is 0.237 e. The Balaban J connectivity index is 1.67. The first-order valence-corrected chi connectivity index (χ1v) is 7.90. The second kappa shape index (κ2) is 5.06. The summed E-state index contributed by atoms with van der Waals surface area (Å²) >= 11 is 0. The molecule has 1 aliphatic heterocycles. The number of rotatable bonds is 2. The van der Waals surface area contributed by atoms with Crippen LogP contribution in [0.1, 0.15) is 51.4 Å². The zero-order chi connectivity index (χ0) is 13.5. The van der Waals surface area contributed by atoms with E-state index in [1.807, 2.05) is 0 Å². The van der Waals surface area contributed by atoms with Crippen molar-refractivity contribution in [3.05, 3.63) is 0 Å². The summed E-state index contributed by atoms with van der Waals surface area (Å²) in [7, 11) is 0. The van der Waals surface area contributed by atoms with Gasteiger partial charge >= 0.3 is 0 Å². The molecule has 3 fully saturated rings. The standard InChI is InChI=1S/C15H27N3O/c16-14(19)15(17)6-2-5-13(8-15)18-9-11-3-1-4-12(7-11)10-18/h11-13H,1-10,17H2,(H2,16,19). The summed E-state index contributed by atoms with van der Waals surface area (Å²) in [5.74, 6) is 1.46. The molecule has 4 N–H and O–H groups in total. The van der Waals surface area contributed by atoms with Gasteiger partial charge in [0.15, 0.2) is 0 Å². The zero-order valence-electron chi connectivity index (χ0n) is 11.8.